The lowest BCUT2D eigenvalue weighted by Crippen LogP contribution is -2.29. The van der Waals surface area contributed by atoms with Crippen molar-refractivity contribution in [2.45, 2.75) is 24.4 Å². The number of imidazole rings is 1. The highest BCUT2D eigenvalue weighted by atomic mass is 32.2. The van der Waals surface area contributed by atoms with Crippen molar-refractivity contribution in [2.75, 3.05) is 5.73 Å². The molecule has 1 fully saturated rings. The largest absolute Gasteiger partial charge is 0.381 e. The number of nitrogens with zero attached hydrogens (tertiary/aromatic N) is 2. The van der Waals surface area contributed by atoms with Gasteiger partial charge in [0.25, 0.3) is 10.0 Å². The molecule has 0 saturated heterocycles. The number of nitrogens with two attached hydrogens (primary N) is 1. The van der Waals surface area contributed by atoms with Gasteiger partial charge in [0.05, 0.1) is 6.33 Å². The summed E-state index contributed by atoms with van der Waals surface area (Å²) >= 11 is 0. The Morgan fingerprint density at radius 2 is 2.27 bits per heavy atom. The van der Waals surface area contributed by atoms with Crippen molar-refractivity contribution in [1.29, 1.82) is 0 Å². The van der Waals surface area contributed by atoms with Crippen molar-refractivity contribution in [2.24, 2.45) is 13.0 Å². The third-order valence-corrected chi connectivity index (χ3v) is 4.20. The van der Waals surface area contributed by atoms with Crippen molar-refractivity contribution in [3.05, 3.63) is 6.33 Å². The molecule has 1 saturated carbocycles. The summed E-state index contributed by atoms with van der Waals surface area (Å²) < 4.78 is 27.8. The first kappa shape index (κ1) is 10.4. The molecule has 15 heavy (non-hydrogen) atoms. The van der Waals surface area contributed by atoms with Gasteiger partial charge in [0.1, 0.15) is 0 Å². The zero-order valence-electron chi connectivity index (χ0n) is 8.64. The van der Waals surface area contributed by atoms with Crippen molar-refractivity contribution in [3.8, 4) is 0 Å². The van der Waals surface area contributed by atoms with Crippen LogP contribution in [0.2, 0.25) is 0 Å². The summed E-state index contributed by atoms with van der Waals surface area (Å²) in [6.45, 7) is 2.00. The topological polar surface area (TPSA) is 90.0 Å². The molecule has 0 spiro atoms. The molecule has 1 aliphatic rings. The van der Waals surface area contributed by atoms with Gasteiger partial charge < -0.3 is 10.3 Å². The maximum Gasteiger partial charge on any atom is 0.260 e. The normalized spacial score (nSPS) is 25.5. The third-order valence-electron chi connectivity index (χ3n) is 2.58. The van der Waals surface area contributed by atoms with Crippen molar-refractivity contribution >= 4 is 15.8 Å². The first-order valence-corrected chi connectivity index (χ1v) is 6.19. The van der Waals surface area contributed by atoms with Gasteiger partial charge in [-0.15, -0.1) is 0 Å². The standard InChI is InChI=1S/C8H14N4O2S/c1-5-3-6(5)11-15(13,14)8-7(9)10-4-12(8)2/h4-6,11H,3,9H2,1-2H3. The van der Waals surface area contributed by atoms with Crippen LogP contribution in [0.3, 0.4) is 0 Å². The van der Waals surface area contributed by atoms with E-state index in [1.54, 1.807) is 7.05 Å². The summed E-state index contributed by atoms with van der Waals surface area (Å²) in [7, 11) is -1.92. The zero-order valence-corrected chi connectivity index (χ0v) is 9.45. The Morgan fingerprint density at radius 1 is 1.67 bits per heavy atom. The van der Waals surface area contributed by atoms with Gasteiger partial charge in [-0.3, -0.25) is 0 Å². The molecule has 1 heterocycles. The predicted octanol–water partition coefficient (Wildman–Crippen LogP) is -0.311. The maximum atomic E-state index is 11.9. The summed E-state index contributed by atoms with van der Waals surface area (Å²) in [6, 6.07) is 0.0456. The zero-order chi connectivity index (χ0) is 11.2. The van der Waals surface area contributed by atoms with Gasteiger partial charge >= 0.3 is 0 Å². The molecule has 7 heteroatoms. The summed E-state index contributed by atoms with van der Waals surface area (Å²) in [6.07, 6.45) is 2.28. The molecule has 2 rings (SSSR count). The molecule has 0 aliphatic heterocycles. The Kier molecular flexibility index (Phi) is 2.23. The van der Waals surface area contributed by atoms with Crippen LogP contribution in [-0.4, -0.2) is 24.0 Å². The number of aromatic nitrogens is 2. The van der Waals surface area contributed by atoms with Crippen LogP contribution >= 0.6 is 0 Å². The summed E-state index contributed by atoms with van der Waals surface area (Å²) in [4.78, 5) is 3.75. The van der Waals surface area contributed by atoms with Gasteiger partial charge in [-0.05, 0) is 12.3 Å². The van der Waals surface area contributed by atoms with E-state index in [1.165, 1.54) is 10.9 Å². The van der Waals surface area contributed by atoms with Gasteiger partial charge in [0.15, 0.2) is 10.8 Å². The van der Waals surface area contributed by atoms with Crippen LogP contribution in [0.4, 0.5) is 5.82 Å². The minimum absolute atomic E-state index is 0.0401. The molecule has 84 valence electrons. The molecule has 1 aliphatic carbocycles. The molecular formula is C8H14N4O2S. The average molecular weight is 230 g/mol. The Hall–Kier alpha value is -1.08. The van der Waals surface area contributed by atoms with E-state index in [9.17, 15) is 8.42 Å². The second-order valence-corrected chi connectivity index (χ2v) is 5.62. The van der Waals surface area contributed by atoms with Gasteiger partial charge in [-0.2, -0.15) is 0 Å². The lowest BCUT2D eigenvalue weighted by molar-refractivity contribution is 0.569. The van der Waals surface area contributed by atoms with Crippen LogP contribution in [0.15, 0.2) is 11.4 Å². The third kappa shape index (κ3) is 1.84. The highest BCUT2D eigenvalue weighted by Gasteiger charge is 2.37. The minimum atomic E-state index is -3.52. The van der Waals surface area contributed by atoms with Gasteiger partial charge in [-0.1, -0.05) is 6.92 Å². The quantitative estimate of drug-likeness (QED) is 0.745. The van der Waals surface area contributed by atoms with E-state index in [-0.39, 0.29) is 16.9 Å². The molecule has 6 nitrogen and oxygen atoms in total. The summed E-state index contributed by atoms with van der Waals surface area (Å²) in [5.74, 6) is 0.451. The molecule has 0 amide bonds. The number of nitrogens with one attached hydrogen (secondary N) is 1. The van der Waals surface area contributed by atoms with E-state index < -0.39 is 10.0 Å². The van der Waals surface area contributed by atoms with E-state index in [4.69, 9.17) is 5.73 Å². The number of nitrogen functional groups attached to an aromatic ring is 1. The number of hydrogen-bond donors (Lipinski definition) is 2. The molecule has 0 bridgehead atoms. The molecular weight excluding hydrogens is 216 g/mol. The lowest BCUT2D eigenvalue weighted by atomic mass is 10.5. The first-order chi connectivity index (χ1) is 6.92. The summed E-state index contributed by atoms with van der Waals surface area (Å²) in [5, 5.41) is 0.0431. The first-order valence-electron chi connectivity index (χ1n) is 4.71. The molecule has 1 aromatic rings. The molecule has 0 radical (unpaired) electrons. The highest BCUT2D eigenvalue weighted by Crippen LogP contribution is 2.31. The fourth-order valence-electron chi connectivity index (χ4n) is 1.51. The average Bonchev–Trinajstić information content (AvgIpc) is 2.63. The van der Waals surface area contributed by atoms with Crippen LogP contribution in [0.25, 0.3) is 0 Å². The smallest absolute Gasteiger partial charge is 0.260 e. The number of aryl methyl sites for hydroxylation is 1. The minimum Gasteiger partial charge on any atom is -0.381 e. The van der Waals surface area contributed by atoms with Crippen LogP contribution in [-0.2, 0) is 17.1 Å². The van der Waals surface area contributed by atoms with Crippen LogP contribution in [0, 0.1) is 5.92 Å². The molecule has 1 aromatic heterocycles. The highest BCUT2D eigenvalue weighted by molar-refractivity contribution is 7.89. The Labute approximate surface area is 88.5 Å². The molecule has 3 N–H and O–H groups in total. The van der Waals surface area contributed by atoms with Crippen molar-refractivity contribution in [1.82, 2.24) is 14.3 Å². The van der Waals surface area contributed by atoms with E-state index in [0.717, 1.165) is 6.42 Å². The Bertz CT molecular complexity index is 459. The van der Waals surface area contributed by atoms with E-state index in [2.05, 4.69) is 9.71 Å². The van der Waals surface area contributed by atoms with Crippen molar-refractivity contribution < 1.29 is 8.42 Å². The van der Waals surface area contributed by atoms with Crippen LogP contribution < -0.4 is 10.5 Å². The molecule has 2 unspecified atom stereocenters. The second kappa shape index (κ2) is 3.21. The van der Waals surface area contributed by atoms with Gasteiger partial charge in [0.2, 0.25) is 0 Å². The number of sulfonamides is 1. The van der Waals surface area contributed by atoms with E-state index in [0.29, 0.717) is 5.92 Å². The Morgan fingerprint density at radius 3 is 2.67 bits per heavy atom. The summed E-state index contributed by atoms with van der Waals surface area (Å²) in [5.41, 5.74) is 5.51. The van der Waals surface area contributed by atoms with E-state index >= 15 is 0 Å². The second-order valence-electron chi connectivity index (χ2n) is 3.99. The fraction of sp³-hybridized carbons (Fsp3) is 0.625. The monoisotopic (exact) mass is 230 g/mol. The number of anilines is 1. The number of hydrogen-bond acceptors (Lipinski definition) is 4. The van der Waals surface area contributed by atoms with Crippen LogP contribution in [0.1, 0.15) is 13.3 Å². The maximum absolute atomic E-state index is 11.9. The predicted molar refractivity (Wildman–Crippen MR) is 55.5 cm³/mol. The van der Waals surface area contributed by atoms with Crippen molar-refractivity contribution in [3.63, 3.8) is 0 Å². The molecule has 2 atom stereocenters. The van der Waals surface area contributed by atoms with E-state index in [1.807, 2.05) is 6.92 Å². The SMILES string of the molecule is CC1CC1NS(=O)(=O)c1c(N)ncn1C. The molecule has 0 aromatic carbocycles. The lowest BCUT2D eigenvalue weighted by Gasteiger charge is -2.06. The van der Waals surface area contributed by atoms with Gasteiger partial charge in [-0.25, -0.2) is 18.1 Å². The fourth-order valence-corrected chi connectivity index (χ4v) is 3.10. The Balaban J connectivity index is 2.29. The van der Waals surface area contributed by atoms with Crippen LogP contribution in [0.5, 0.6) is 0 Å². The van der Waals surface area contributed by atoms with Gasteiger partial charge in [0, 0.05) is 13.1 Å². The number of rotatable bonds is 3.